The van der Waals surface area contributed by atoms with E-state index in [2.05, 4.69) is 17.2 Å². The average molecular weight is 393 g/mol. The third-order valence-corrected chi connectivity index (χ3v) is 4.53. The molecule has 6 heteroatoms. The van der Waals surface area contributed by atoms with E-state index in [1.807, 2.05) is 37.3 Å². The van der Waals surface area contributed by atoms with Crippen molar-refractivity contribution in [2.24, 2.45) is 0 Å². The molecule has 2 rings (SSSR count). The van der Waals surface area contributed by atoms with Crippen LogP contribution >= 0.6 is 23.2 Å². The number of ether oxygens (including phenoxy) is 1. The van der Waals surface area contributed by atoms with Gasteiger partial charge in [-0.2, -0.15) is 0 Å². The van der Waals surface area contributed by atoms with Crippen LogP contribution in [0, 0.1) is 0 Å². The summed E-state index contributed by atoms with van der Waals surface area (Å²) in [6.45, 7) is 5.48. The lowest BCUT2D eigenvalue weighted by Gasteiger charge is -2.11. The minimum atomic E-state index is -0.0653. The molecule has 0 spiro atoms. The summed E-state index contributed by atoms with van der Waals surface area (Å²) in [7, 11) is 0. The normalized spacial score (nSPS) is 12.2. The number of pyridine rings is 1. The fourth-order valence-corrected chi connectivity index (χ4v) is 2.87. The third-order valence-electron chi connectivity index (χ3n) is 3.63. The summed E-state index contributed by atoms with van der Waals surface area (Å²) >= 11 is 12.6. The number of rotatable bonds is 7. The van der Waals surface area contributed by atoms with E-state index >= 15 is 0 Å². The summed E-state index contributed by atoms with van der Waals surface area (Å²) in [5.74, 6) is 0.842. The van der Waals surface area contributed by atoms with Crippen LogP contribution in [0.15, 0.2) is 36.5 Å². The van der Waals surface area contributed by atoms with E-state index in [1.54, 1.807) is 12.3 Å². The summed E-state index contributed by atoms with van der Waals surface area (Å²) in [6, 6.07) is 7.32. The maximum absolute atomic E-state index is 11.0. The van der Waals surface area contributed by atoms with Crippen LogP contribution in [0.3, 0.4) is 0 Å². The highest BCUT2D eigenvalue weighted by atomic mass is 35.5. The first kappa shape index (κ1) is 20.3. The molecule has 1 heterocycles. The molecule has 0 saturated carbocycles. The summed E-state index contributed by atoms with van der Waals surface area (Å²) in [6.07, 6.45) is 7.33. The number of nitrogens with zero attached hydrogens (tertiary/aromatic N) is 1. The third kappa shape index (κ3) is 5.75. The number of benzene rings is 1. The van der Waals surface area contributed by atoms with Crippen LogP contribution in [-0.2, 0) is 11.2 Å². The van der Waals surface area contributed by atoms with Crippen molar-refractivity contribution < 1.29 is 9.53 Å². The van der Waals surface area contributed by atoms with E-state index in [9.17, 15) is 4.79 Å². The van der Waals surface area contributed by atoms with Gasteiger partial charge in [-0.3, -0.25) is 4.79 Å². The van der Waals surface area contributed by atoms with Crippen molar-refractivity contribution in [3.05, 3.63) is 57.7 Å². The number of hydrogen-bond acceptors (Lipinski definition) is 3. The Bertz CT molecular complexity index is 789. The number of nitrogens with one attached hydrogen (secondary N) is 1. The predicted octanol–water partition coefficient (Wildman–Crippen LogP) is 5.67. The molecule has 0 aliphatic carbocycles. The number of carbonyl (C=O) groups excluding carboxylic acids is 1. The van der Waals surface area contributed by atoms with Crippen LogP contribution in [0.5, 0.6) is 11.6 Å². The summed E-state index contributed by atoms with van der Waals surface area (Å²) in [5, 5.41) is 3.71. The molecule has 0 bridgehead atoms. The zero-order valence-electron chi connectivity index (χ0n) is 15.1. The zero-order chi connectivity index (χ0) is 19.1. The lowest BCUT2D eigenvalue weighted by atomic mass is 10.1. The molecule has 1 atom stereocenters. The number of aromatic nitrogens is 1. The van der Waals surface area contributed by atoms with Crippen molar-refractivity contribution in [2.75, 3.05) is 0 Å². The van der Waals surface area contributed by atoms with E-state index in [0.717, 1.165) is 24.0 Å². The molecule has 1 amide bonds. The minimum Gasteiger partial charge on any atom is -0.437 e. The maximum Gasteiger partial charge on any atom is 0.219 e. The molecule has 0 aliphatic heterocycles. The highest BCUT2D eigenvalue weighted by Crippen LogP contribution is 2.37. The van der Waals surface area contributed by atoms with E-state index in [1.165, 1.54) is 6.92 Å². The van der Waals surface area contributed by atoms with Crippen LogP contribution in [0.25, 0.3) is 6.08 Å². The lowest BCUT2D eigenvalue weighted by molar-refractivity contribution is -0.119. The van der Waals surface area contributed by atoms with Gasteiger partial charge in [0.2, 0.25) is 11.8 Å². The molecule has 0 radical (unpaired) electrons. The second kappa shape index (κ2) is 9.60. The zero-order valence-corrected chi connectivity index (χ0v) is 16.6. The second-order valence-electron chi connectivity index (χ2n) is 5.98. The van der Waals surface area contributed by atoms with Gasteiger partial charge in [-0.25, -0.2) is 4.98 Å². The molecule has 1 N–H and O–H groups in total. The largest absolute Gasteiger partial charge is 0.437 e. The quantitative estimate of drug-likeness (QED) is 0.659. The average Bonchev–Trinajstić information content (AvgIpc) is 2.60. The van der Waals surface area contributed by atoms with Gasteiger partial charge in [-0.1, -0.05) is 54.8 Å². The van der Waals surface area contributed by atoms with Gasteiger partial charge in [-0.05, 0) is 36.6 Å². The Kier molecular flexibility index (Phi) is 7.49. The molecule has 1 aromatic carbocycles. The van der Waals surface area contributed by atoms with Gasteiger partial charge in [0.1, 0.15) is 10.8 Å². The fraction of sp³-hybridized carbons (Fsp3) is 0.300. The van der Waals surface area contributed by atoms with E-state index < -0.39 is 0 Å². The number of aryl methyl sites for hydroxylation is 1. The highest BCUT2D eigenvalue weighted by Gasteiger charge is 2.12. The van der Waals surface area contributed by atoms with Crippen LogP contribution in [0.4, 0.5) is 0 Å². The Labute approximate surface area is 164 Å². The van der Waals surface area contributed by atoms with Crippen LogP contribution < -0.4 is 10.1 Å². The predicted molar refractivity (Wildman–Crippen MR) is 107 cm³/mol. The molecule has 0 unspecified atom stereocenters. The molecular formula is C20H22Cl2N2O2. The Hall–Kier alpha value is -2.04. The smallest absolute Gasteiger partial charge is 0.219 e. The lowest BCUT2D eigenvalue weighted by Crippen LogP contribution is -2.28. The molecular weight excluding hydrogens is 371 g/mol. The molecule has 1 aromatic heterocycles. The molecule has 26 heavy (non-hydrogen) atoms. The molecule has 0 saturated heterocycles. The molecule has 138 valence electrons. The Balaban J connectivity index is 2.06. The molecule has 0 fully saturated rings. The van der Waals surface area contributed by atoms with Gasteiger partial charge >= 0.3 is 0 Å². The molecule has 0 aliphatic rings. The minimum absolute atomic E-state index is 0.0500. The summed E-state index contributed by atoms with van der Waals surface area (Å²) < 4.78 is 5.75. The maximum atomic E-state index is 11.0. The summed E-state index contributed by atoms with van der Waals surface area (Å²) in [5.41, 5.74) is 1.91. The Morgan fingerprint density at radius 2 is 2.04 bits per heavy atom. The highest BCUT2D eigenvalue weighted by molar-refractivity contribution is 6.43. The van der Waals surface area contributed by atoms with Gasteiger partial charge < -0.3 is 10.1 Å². The van der Waals surface area contributed by atoms with Crippen LogP contribution in [-0.4, -0.2) is 16.9 Å². The van der Waals surface area contributed by atoms with Crippen molar-refractivity contribution in [3.63, 3.8) is 0 Å². The standard InChI is InChI=1S/C20H22Cl2N2O2/c1-4-5-16-9-10-17(20(22)19(16)21)26-18-11-8-15(12-23-18)7-6-13(2)24-14(3)25/h6-13H,4-5H2,1-3H3,(H,24,25)/b7-6+/t13-/m0/s1. The van der Waals surface area contributed by atoms with Crippen LogP contribution in [0.1, 0.15) is 38.3 Å². The van der Waals surface area contributed by atoms with Gasteiger partial charge in [0.15, 0.2) is 0 Å². The number of halogens is 2. The number of carbonyl (C=O) groups is 1. The van der Waals surface area contributed by atoms with E-state index in [-0.39, 0.29) is 11.9 Å². The summed E-state index contributed by atoms with van der Waals surface area (Å²) in [4.78, 5) is 15.3. The van der Waals surface area contributed by atoms with Gasteiger partial charge in [0.25, 0.3) is 0 Å². The van der Waals surface area contributed by atoms with Crippen molar-refractivity contribution in [1.29, 1.82) is 0 Å². The van der Waals surface area contributed by atoms with Crippen molar-refractivity contribution in [3.8, 4) is 11.6 Å². The first-order valence-corrected chi connectivity index (χ1v) is 9.22. The second-order valence-corrected chi connectivity index (χ2v) is 6.74. The van der Waals surface area contributed by atoms with Gasteiger partial charge in [0, 0.05) is 25.2 Å². The SMILES string of the molecule is CCCc1ccc(Oc2ccc(/C=C/[C@H](C)NC(C)=O)cn2)c(Cl)c1Cl. The molecule has 2 aromatic rings. The topological polar surface area (TPSA) is 51.2 Å². The Morgan fingerprint density at radius 3 is 2.65 bits per heavy atom. The van der Waals surface area contributed by atoms with Crippen LogP contribution in [0.2, 0.25) is 10.0 Å². The first-order valence-electron chi connectivity index (χ1n) is 8.46. The monoisotopic (exact) mass is 392 g/mol. The Morgan fingerprint density at radius 1 is 1.27 bits per heavy atom. The van der Waals surface area contributed by atoms with Gasteiger partial charge in [-0.15, -0.1) is 0 Å². The van der Waals surface area contributed by atoms with Crippen molar-refractivity contribution in [1.82, 2.24) is 10.3 Å². The first-order chi connectivity index (χ1) is 12.4. The fourth-order valence-electron chi connectivity index (χ4n) is 2.40. The van der Waals surface area contributed by atoms with Gasteiger partial charge in [0.05, 0.1) is 5.02 Å². The van der Waals surface area contributed by atoms with Crippen molar-refractivity contribution in [2.45, 2.75) is 39.7 Å². The number of amides is 1. The molecule has 4 nitrogen and oxygen atoms in total. The van der Waals surface area contributed by atoms with E-state index in [4.69, 9.17) is 27.9 Å². The number of hydrogen-bond donors (Lipinski definition) is 1. The van der Waals surface area contributed by atoms with Crippen molar-refractivity contribution >= 4 is 35.2 Å². The van der Waals surface area contributed by atoms with E-state index in [0.29, 0.717) is 21.7 Å².